The lowest BCUT2D eigenvalue weighted by atomic mass is 10.1. The zero-order valence-corrected chi connectivity index (χ0v) is 13.2. The number of fused-ring (bicyclic) bond motifs is 1. The van der Waals surface area contributed by atoms with E-state index in [9.17, 15) is 9.59 Å². The average molecular weight is 301 g/mol. The fraction of sp³-hybridized carbons (Fsp3) is 0.412. The number of hydrogen-bond acceptors (Lipinski definition) is 3. The van der Waals surface area contributed by atoms with Crippen LogP contribution in [0.25, 0.3) is 10.9 Å². The number of carbonyl (C=O) groups excluding carboxylic acids is 1. The summed E-state index contributed by atoms with van der Waals surface area (Å²) >= 11 is 0. The van der Waals surface area contributed by atoms with Gasteiger partial charge in [-0.1, -0.05) is 26.3 Å². The minimum absolute atomic E-state index is 0.162. The Kier molecular flexibility index (Phi) is 5.20. The number of aromatic nitrogens is 1. The van der Waals surface area contributed by atoms with Crippen molar-refractivity contribution in [1.82, 2.24) is 9.88 Å². The highest BCUT2D eigenvalue weighted by Gasteiger charge is 2.16. The number of aryl methyl sites for hydroxylation is 1. The number of rotatable bonds is 6. The van der Waals surface area contributed by atoms with Crippen molar-refractivity contribution in [2.24, 2.45) is 0 Å². The fourth-order valence-corrected chi connectivity index (χ4v) is 2.47. The quantitative estimate of drug-likeness (QED) is 0.805. The molecule has 0 atom stereocenters. The van der Waals surface area contributed by atoms with Crippen LogP contribution in [0.15, 0.2) is 29.2 Å². The lowest BCUT2D eigenvalue weighted by Crippen LogP contribution is -2.30. The van der Waals surface area contributed by atoms with Crippen LogP contribution >= 0.6 is 0 Å². The first kappa shape index (κ1) is 16.1. The third kappa shape index (κ3) is 3.13. The molecule has 0 fully saturated rings. The zero-order chi connectivity index (χ0) is 16.1. The van der Waals surface area contributed by atoms with Crippen molar-refractivity contribution in [3.8, 4) is 0 Å². The Hall–Kier alpha value is -2.30. The molecule has 5 nitrogen and oxygen atoms in total. The molecule has 5 heteroatoms. The van der Waals surface area contributed by atoms with Crippen molar-refractivity contribution in [3.05, 3.63) is 40.2 Å². The molecule has 0 bridgehead atoms. The number of hydrogen-bond donors (Lipinski definition) is 2. The number of nitrogen functional groups attached to an aromatic ring is 1. The molecular formula is C17H23N3O2. The van der Waals surface area contributed by atoms with Crippen LogP contribution in [0.5, 0.6) is 0 Å². The summed E-state index contributed by atoms with van der Waals surface area (Å²) in [5.74, 6) is -0.331. The molecule has 1 amide bonds. The summed E-state index contributed by atoms with van der Waals surface area (Å²) in [6.07, 6.45) is 4.49. The van der Waals surface area contributed by atoms with Crippen molar-refractivity contribution in [2.75, 3.05) is 12.3 Å². The van der Waals surface area contributed by atoms with Gasteiger partial charge in [-0.3, -0.25) is 9.59 Å². The number of nitrogens with zero attached hydrogens (tertiary/aromatic N) is 1. The fourth-order valence-electron chi connectivity index (χ4n) is 2.47. The van der Waals surface area contributed by atoms with E-state index in [1.807, 2.05) is 23.6 Å². The molecule has 1 aromatic carbocycles. The average Bonchev–Trinajstić information content (AvgIpc) is 2.52. The van der Waals surface area contributed by atoms with Crippen molar-refractivity contribution in [2.45, 2.75) is 39.7 Å². The number of nitrogens with two attached hydrogens (primary N) is 1. The number of benzene rings is 1. The van der Waals surface area contributed by atoms with E-state index in [0.717, 1.165) is 31.3 Å². The first-order valence-corrected chi connectivity index (χ1v) is 7.80. The number of pyridine rings is 1. The van der Waals surface area contributed by atoms with Crippen LogP contribution in [0, 0.1) is 0 Å². The summed E-state index contributed by atoms with van der Waals surface area (Å²) in [4.78, 5) is 24.9. The van der Waals surface area contributed by atoms with Crippen molar-refractivity contribution < 1.29 is 4.79 Å². The van der Waals surface area contributed by atoms with E-state index in [2.05, 4.69) is 12.2 Å². The highest BCUT2D eigenvalue weighted by molar-refractivity contribution is 6.00. The third-order valence-corrected chi connectivity index (χ3v) is 3.67. The molecule has 2 aromatic rings. The molecule has 1 aromatic heterocycles. The van der Waals surface area contributed by atoms with Crippen LogP contribution in [0.3, 0.4) is 0 Å². The van der Waals surface area contributed by atoms with E-state index in [1.54, 1.807) is 12.3 Å². The Bertz CT molecular complexity index is 734. The molecule has 0 unspecified atom stereocenters. The zero-order valence-electron chi connectivity index (χ0n) is 13.2. The van der Waals surface area contributed by atoms with Gasteiger partial charge in [0.15, 0.2) is 0 Å². The van der Waals surface area contributed by atoms with Crippen molar-refractivity contribution in [3.63, 3.8) is 0 Å². The number of nitrogens with one attached hydrogen (secondary N) is 1. The minimum Gasteiger partial charge on any atom is -0.398 e. The predicted octanol–water partition coefficient (Wildman–Crippen LogP) is 2.52. The first-order chi connectivity index (χ1) is 10.6. The molecular weight excluding hydrogens is 278 g/mol. The van der Waals surface area contributed by atoms with Gasteiger partial charge in [-0.25, -0.2) is 0 Å². The van der Waals surface area contributed by atoms with Gasteiger partial charge in [-0.2, -0.15) is 0 Å². The standard InChI is InChI=1S/C17H23N3O2/c1-3-5-10-20-11-12(17(22)19-9-4-2)16(21)15-13(18)7-6-8-14(15)20/h6-8,11H,3-5,9-10,18H2,1-2H3,(H,19,22). The van der Waals surface area contributed by atoms with Crippen LogP contribution in [0.4, 0.5) is 5.69 Å². The number of unbranched alkanes of at least 4 members (excludes halogenated alkanes) is 1. The van der Waals surface area contributed by atoms with Crippen LogP contribution in [0.1, 0.15) is 43.5 Å². The highest BCUT2D eigenvalue weighted by atomic mass is 16.2. The normalized spacial score (nSPS) is 10.8. The van der Waals surface area contributed by atoms with E-state index in [-0.39, 0.29) is 16.9 Å². The van der Waals surface area contributed by atoms with E-state index < -0.39 is 0 Å². The third-order valence-electron chi connectivity index (χ3n) is 3.67. The van der Waals surface area contributed by atoms with Crippen LogP contribution in [-0.2, 0) is 6.54 Å². The topological polar surface area (TPSA) is 77.1 Å². The molecule has 3 N–H and O–H groups in total. The van der Waals surface area contributed by atoms with Gasteiger partial charge < -0.3 is 15.6 Å². The Morgan fingerprint density at radius 1 is 1.27 bits per heavy atom. The van der Waals surface area contributed by atoms with Gasteiger partial charge in [0.25, 0.3) is 5.91 Å². The maximum absolute atomic E-state index is 12.6. The second-order valence-corrected chi connectivity index (χ2v) is 5.42. The molecule has 0 aliphatic heterocycles. The molecule has 0 radical (unpaired) electrons. The predicted molar refractivity (Wildman–Crippen MR) is 90.2 cm³/mol. The summed E-state index contributed by atoms with van der Waals surface area (Å²) < 4.78 is 1.96. The van der Waals surface area contributed by atoms with Gasteiger partial charge in [0.1, 0.15) is 5.56 Å². The maximum atomic E-state index is 12.6. The number of carbonyl (C=O) groups is 1. The van der Waals surface area contributed by atoms with Crippen LogP contribution < -0.4 is 16.5 Å². The molecule has 22 heavy (non-hydrogen) atoms. The molecule has 0 aliphatic carbocycles. The monoisotopic (exact) mass is 301 g/mol. The molecule has 0 saturated carbocycles. The smallest absolute Gasteiger partial charge is 0.256 e. The molecule has 1 heterocycles. The number of amides is 1. The highest BCUT2D eigenvalue weighted by Crippen LogP contribution is 2.19. The summed E-state index contributed by atoms with van der Waals surface area (Å²) in [5, 5.41) is 3.20. The van der Waals surface area contributed by atoms with Gasteiger partial charge in [0.2, 0.25) is 5.43 Å². The molecule has 0 spiro atoms. The van der Waals surface area contributed by atoms with Crippen LogP contribution in [-0.4, -0.2) is 17.0 Å². The Morgan fingerprint density at radius 2 is 2.05 bits per heavy atom. The number of anilines is 1. The second-order valence-electron chi connectivity index (χ2n) is 5.42. The Morgan fingerprint density at radius 3 is 2.73 bits per heavy atom. The van der Waals surface area contributed by atoms with E-state index in [1.165, 1.54) is 0 Å². The van der Waals surface area contributed by atoms with Crippen molar-refractivity contribution in [1.29, 1.82) is 0 Å². The van der Waals surface area contributed by atoms with Gasteiger partial charge in [-0.15, -0.1) is 0 Å². The summed E-state index contributed by atoms with van der Waals surface area (Å²) in [6.45, 7) is 5.38. The van der Waals surface area contributed by atoms with E-state index in [4.69, 9.17) is 5.73 Å². The van der Waals surface area contributed by atoms with E-state index in [0.29, 0.717) is 17.6 Å². The molecule has 2 rings (SSSR count). The first-order valence-electron chi connectivity index (χ1n) is 7.80. The van der Waals surface area contributed by atoms with Crippen molar-refractivity contribution >= 4 is 22.5 Å². The Balaban J connectivity index is 2.62. The van der Waals surface area contributed by atoms with Gasteiger partial charge in [0, 0.05) is 25.0 Å². The largest absolute Gasteiger partial charge is 0.398 e. The molecule has 0 aliphatic rings. The maximum Gasteiger partial charge on any atom is 0.256 e. The SMILES string of the molecule is CCCCn1cc(C(=O)NCCC)c(=O)c2c(N)cccc21. The second kappa shape index (κ2) is 7.11. The van der Waals surface area contributed by atoms with Crippen LogP contribution in [0.2, 0.25) is 0 Å². The van der Waals surface area contributed by atoms with Gasteiger partial charge >= 0.3 is 0 Å². The molecule has 118 valence electrons. The lowest BCUT2D eigenvalue weighted by Gasteiger charge is -2.14. The van der Waals surface area contributed by atoms with Gasteiger partial charge in [-0.05, 0) is 25.0 Å². The van der Waals surface area contributed by atoms with E-state index >= 15 is 0 Å². The molecule has 0 saturated heterocycles. The minimum atomic E-state index is -0.331. The summed E-state index contributed by atoms with van der Waals surface area (Å²) in [6, 6.07) is 5.40. The summed E-state index contributed by atoms with van der Waals surface area (Å²) in [5.41, 5.74) is 7.04. The van der Waals surface area contributed by atoms with Gasteiger partial charge in [0.05, 0.1) is 10.9 Å². The Labute approximate surface area is 130 Å². The lowest BCUT2D eigenvalue weighted by molar-refractivity contribution is 0.0952. The summed E-state index contributed by atoms with van der Waals surface area (Å²) in [7, 11) is 0.